The van der Waals surface area contributed by atoms with Crippen molar-refractivity contribution in [1.82, 2.24) is 18.8 Å². The molecule has 0 spiro atoms. The lowest BCUT2D eigenvalue weighted by Gasteiger charge is -2.25. The van der Waals surface area contributed by atoms with Gasteiger partial charge in [0.25, 0.3) is 10.2 Å². The topological polar surface area (TPSA) is 80.4 Å². The highest BCUT2D eigenvalue weighted by Crippen LogP contribution is 2.34. The van der Waals surface area contributed by atoms with Crippen LogP contribution in [0.3, 0.4) is 0 Å². The molecule has 1 fully saturated rings. The van der Waals surface area contributed by atoms with Crippen LogP contribution in [0.5, 0.6) is 0 Å². The summed E-state index contributed by atoms with van der Waals surface area (Å²) in [5.74, 6) is 0.693. The number of hydrogen-bond donors (Lipinski definition) is 1. The normalized spacial score (nSPS) is 20.9. The quantitative estimate of drug-likeness (QED) is 0.905. The summed E-state index contributed by atoms with van der Waals surface area (Å²) >= 11 is 0. The molecule has 3 heterocycles. The fourth-order valence-electron chi connectivity index (χ4n) is 3.19. The van der Waals surface area contributed by atoms with Crippen molar-refractivity contribution in [1.29, 1.82) is 0 Å². The van der Waals surface area contributed by atoms with Crippen LogP contribution in [-0.4, -0.2) is 29.0 Å². The van der Waals surface area contributed by atoms with Crippen LogP contribution in [0.4, 0.5) is 0 Å². The Morgan fingerprint density at radius 2 is 2.26 bits per heavy atom. The number of aromatic nitrogens is 2. The highest BCUT2D eigenvalue weighted by atomic mass is 32.2. The summed E-state index contributed by atoms with van der Waals surface area (Å²) in [5, 5.41) is 4.27. The Morgan fingerprint density at radius 3 is 2.87 bits per heavy atom. The number of nitrogens with one attached hydrogen (secondary N) is 1. The lowest BCUT2D eigenvalue weighted by atomic mass is 10.1. The minimum atomic E-state index is -3.60. The molecule has 126 valence electrons. The van der Waals surface area contributed by atoms with Crippen molar-refractivity contribution in [2.24, 2.45) is 7.05 Å². The van der Waals surface area contributed by atoms with Gasteiger partial charge in [-0.3, -0.25) is 4.68 Å². The number of nitrogens with zero attached hydrogens (tertiary/aromatic N) is 3. The zero-order chi connectivity index (χ0) is 16.6. The second-order valence-corrected chi connectivity index (χ2v) is 7.63. The van der Waals surface area contributed by atoms with E-state index in [2.05, 4.69) is 9.82 Å². The average molecular weight is 338 g/mol. The van der Waals surface area contributed by atoms with E-state index in [4.69, 9.17) is 4.42 Å². The molecule has 0 aromatic carbocycles. The van der Waals surface area contributed by atoms with Gasteiger partial charge < -0.3 is 4.42 Å². The van der Waals surface area contributed by atoms with Gasteiger partial charge in [0, 0.05) is 31.4 Å². The molecule has 2 atom stereocenters. The maximum Gasteiger partial charge on any atom is 0.280 e. The standard InChI is InChI=1S/C15H22N4O3S/c1-11-13(10-18(3)16-11)12(2)17-23(20,21)19-8-4-6-14(19)15-7-5-9-22-15/h5,7,9-10,12,14,17H,4,6,8H2,1-3H3/t12-,14+/m0/s1. The SMILES string of the molecule is Cc1nn(C)cc1[C@H](C)NS(=O)(=O)N1CCC[C@@H]1c1ccco1. The second-order valence-electron chi connectivity index (χ2n) is 5.97. The van der Waals surface area contributed by atoms with Gasteiger partial charge in [0.15, 0.2) is 0 Å². The largest absolute Gasteiger partial charge is 0.468 e. The molecule has 8 heteroatoms. The maximum absolute atomic E-state index is 12.8. The first-order valence-electron chi connectivity index (χ1n) is 7.71. The Hall–Kier alpha value is -1.64. The predicted molar refractivity (Wildman–Crippen MR) is 85.8 cm³/mol. The lowest BCUT2D eigenvalue weighted by Crippen LogP contribution is -2.41. The van der Waals surface area contributed by atoms with Crippen molar-refractivity contribution in [2.45, 2.75) is 38.8 Å². The van der Waals surface area contributed by atoms with E-state index in [0.29, 0.717) is 12.3 Å². The lowest BCUT2D eigenvalue weighted by molar-refractivity contribution is 0.333. The van der Waals surface area contributed by atoms with Gasteiger partial charge >= 0.3 is 0 Å². The molecule has 0 saturated carbocycles. The van der Waals surface area contributed by atoms with Gasteiger partial charge in [0.05, 0.1) is 18.0 Å². The molecule has 0 bridgehead atoms. The highest BCUT2D eigenvalue weighted by molar-refractivity contribution is 7.87. The van der Waals surface area contributed by atoms with Crippen LogP contribution < -0.4 is 4.72 Å². The zero-order valence-corrected chi connectivity index (χ0v) is 14.4. The zero-order valence-electron chi connectivity index (χ0n) is 13.6. The van der Waals surface area contributed by atoms with E-state index in [1.165, 1.54) is 4.31 Å². The molecular formula is C15H22N4O3S. The van der Waals surface area contributed by atoms with Crippen molar-refractivity contribution in [3.05, 3.63) is 41.6 Å². The van der Waals surface area contributed by atoms with Crippen molar-refractivity contribution >= 4 is 10.2 Å². The number of furan rings is 1. The van der Waals surface area contributed by atoms with Crippen LogP contribution in [0.15, 0.2) is 29.0 Å². The molecule has 0 unspecified atom stereocenters. The smallest absolute Gasteiger partial charge is 0.280 e. The third kappa shape index (κ3) is 3.19. The van der Waals surface area contributed by atoms with E-state index >= 15 is 0 Å². The first-order chi connectivity index (χ1) is 10.9. The highest BCUT2D eigenvalue weighted by Gasteiger charge is 2.37. The molecular weight excluding hydrogens is 316 g/mol. The van der Waals surface area contributed by atoms with Gasteiger partial charge in [-0.1, -0.05) is 0 Å². The Labute approximate surface area is 136 Å². The molecule has 7 nitrogen and oxygen atoms in total. The summed E-state index contributed by atoms with van der Waals surface area (Å²) in [6.07, 6.45) is 5.02. The van der Waals surface area contributed by atoms with Gasteiger partial charge in [-0.25, -0.2) is 0 Å². The molecule has 3 rings (SSSR count). The van der Waals surface area contributed by atoms with Gasteiger partial charge in [0.1, 0.15) is 5.76 Å². The number of hydrogen-bond acceptors (Lipinski definition) is 4. The second kappa shape index (κ2) is 6.10. The van der Waals surface area contributed by atoms with Crippen LogP contribution in [0.25, 0.3) is 0 Å². The molecule has 1 N–H and O–H groups in total. The summed E-state index contributed by atoms with van der Waals surface area (Å²) in [6, 6.07) is 3.04. The summed E-state index contributed by atoms with van der Waals surface area (Å²) in [5.41, 5.74) is 1.71. The van der Waals surface area contributed by atoms with E-state index in [0.717, 1.165) is 24.1 Å². The summed E-state index contributed by atoms with van der Waals surface area (Å²) in [4.78, 5) is 0. The molecule has 2 aromatic rings. The molecule has 1 aliphatic heterocycles. The van der Waals surface area contributed by atoms with Gasteiger partial charge in [-0.15, -0.1) is 0 Å². The average Bonchev–Trinajstić information content (AvgIpc) is 3.16. The molecule has 23 heavy (non-hydrogen) atoms. The molecule has 2 aromatic heterocycles. The Kier molecular flexibility index (Phi) is 4.31. The van der Waals surface area contributed by atoms with Gasteiger partial charge in [-0.05, 0) is 38.8 Å². The molecule has 0 aliphatic carbocycles. The Morgan fingerprint density at radius 1 is 1.48 bits per heavy atom. The van der Waals surface area contributed by atoms with E-state index in [-0.39, 0.29) is 12.1 Å². The van der Waals surface area contributed by atoms with Crippen molar-refractivity contribution in [2.75, 3.05) is 6.54 Å². The van der Waals surface area contributed by atoms with E-state index in [1.54, 1.807) is 17.0 Å². The Balaban J connectivity index is 1.79. The summed E-state index contributed by atoms with van der Waals surface area (Å²) in [7, 11) is -1.78. The number of rotatable bonds is 5. The fraction of sp³-hybridized carbons (Fsp3) is 0.533. The third-order valence-corrected chi connectivity index (χ3v) is 5.93. The van der Waals surface area contributed by atoms with E-state index < -0.39 is 10.2 Å². The first-order valence-corrected chi connectivity index (χ1v) is 9.15. The predicted octanol–water partition coefficient (Wildman–Crippen LogP) is 2.05. The number of aryl methyl sites for hydroxylation is 2. The van der Waals surface area contributed by atoms with Crippen LogP contribution in [0, 0.1) is 6.92 Å². The van der Waals surface area contributed by atoms with E-state index in [9.17, 15) is 8.42 Å². The molecule has 1 aliphatic rings. The summed E-state index contributed by atoms with van der Waals surface area (Å²) < 4.78 is 36.9. The Bertz CT molecular complexity index is 767. The molecule has 0 amide bonds. The summed E-state index contributed by atoms with van der Waals surface area (Å²) in [6.45, 7) is 4.21. The minimum Gasteiger partial charge on any atom is -0.468 e. The minimum absolute atomic E-state index is 0.232. The van der Waals surface area contributed by atoms with E-state index in [1.807, 2.05) is 33.2 Å². The van der Waals surface area contributed by atoms with Crippen LogP contribution >= 0.6 is 0 Å². The van der Waals surface area contributed by atoms with Crippen LogP contribution in [-0.2, 0) is 17.3 Å². The van der Waals surface area contributed by atoms with Gasteiger partial charge in [0.2, 0.25) is 0 Å². The van der Waals surface area contributed by atoms with Crippen molar-refractivity contribution in [3.63, 3.8) is 0 Å². The third-order valence-electron chi connectivity index (χ3n) is 4.23. The molecule has 0 radical (unpaired) electrons. The van der Waals surface area contributed by atoms with Crippen LogP contribution in [0.2, 0.25) is 0 Å². The van der Waals surface area contributed by atoms with Gasteiger partial charge in [-0.2, -0.15) is 22.5 Å². The monoisotopic (exact) mass is 338 g/mol. The van der Waals surface area contributed by atoms with Crippen molar-refractivity contribution < 1.29 is 12.8 Å². The molecule has 1 saturated heterocycles. The van der Waals surface area contributed by atoms with Crippen molar-refractivity contribution in [3.8, 4) is 0 Å². The first kappa shape index (κ1) is 16.2. The van der Waals surface area contributed by atoms with Crippen LogP contribution in [0.1, 0.15) is 48.9 Å². The maximum atomic E-state index is 12.8. The fourth-order valence-corrected chi connectivity index (χ4v) is 4.81.